The van der Waals surface area contributed by atoms with Crippen LogP contribution in [0.5, 0.6) is 0 Å². The highest BCUT2D eigenvalue weighted by Gasteiger charge is 2.40. The molecule has 0 bridgehead atoms. The van der Waals surface area contributed by atoms with Gasteiger partial charge in [0.1, 0.15) is 6.04 Å². The molecule has 5 heteroatoms. The van der Waals surface area contributed by atoms with Crippen molar-refractivity contribution in [2.45, 2.75) is 32.5 Å². The van der Waals surface area contributed by atoms with E-state index in [-0.39, 0.29) is 5.56 Å². The van der Waals surface area contributed by atoms with Gasteiger partial charge in [0.15, 0.2) is 0 Å². The second-order valence-electron chi connectivity index (χ2n) is 4.83. The summed E-state index contributed by atoms with van der Waals surface area (Å²) in [5, 5.41) is 3.28. The molecule has 0 amide bonds. The summed E-state index contributed by atoms with van der Waals surface area (Å²) < 4.78 is 39.3. The smallest absolute Gasteiger partial charge is 0.302 e. The molecule has 0 aliphatic rings. The number of aromatic nitrogens is 1. The number of benzene rings is 1. The van der Waals surface area contributed by atoms with Crippen LogP contribution >= 0.6 is 0 Å². The Kier molecular flexibility index (Phi) is 4.28. The van der Waals surface area contributed by atoms with Gasteiger partial charge in [0.2, 0.25) is 0 Å². The van der Waals surface area contributed by atoms with Gasteiger partial charge < -0.3 is 5.32 Å². The lowest BCUT2D eigenvalue weighted by Gasteiger charge is -2.22. The summed E-state index contributed by atoms with van der Waals surface area (Å²) in [4.78, 5) is 4.30. The van der Waals surface area contributed by atoms with Gasteiger partial charge in [-0.25, -0.2) is 0 Å². The molecule has 0 radical (unpaired) electrons. The summed E-state index contributed by atoms with van der Waals surface area (Å²) in [5.74, 6) is 0. The number of hydrogen-bond donors (Lipinski definition) is 1. The molecule has 0 spiro atoms. The Morgan fingerprint density at radius 2 is 1.95 bits per heavy atom. The number of aryl methyl sites for hydroxylation is 1. The standard InChI is InChI=1S/C15H17F3N2/c1-3-8-19-14(15(16,17)18)12-6-7-13-11(9-12)5-4-10(2)20-13/h4-7,9,14,19H,3,8H2,1-2H3. The normalized spacial score (nSPS) is 13.7. The van der Waals surface area contributed by atoms with Crippen LogP contribution in [-0.4, -0.2) is 17.7 Å². The molecule has 0 aliphatic carbocycles. The van der Waals surface area contributed by atoms with Crippen molar-refractivity contribution in [3.8, 4) is 0 Å². The Morgan fingerprint density at radius 3 is 2.60 bits per heavy atom. The molecular weight excluding hydrogens is 265 g/mol. The van der Waals surface area contributed by atoms with Crippen molar-refractivity contribution < 1.29 is 13.2 Å². The summed E-state index contributed by atoms with van der Waals surface area (Å²) >= 11 is 0. The Morgan fingerprint density at radius 1 is 1.20 bits per heavy atom. The molecule has 1 unspecified atom stereocenters. The fourth-order valence-electron chi connectivity index (χ4n) is 2.14. The maximum Gasteiger partial charge on any atom is 0.407 e. The van der Waals surface area contributed by atoms with E-state index in [9.17, 15) is 13.2 Å². The van der Waals surface area contributed by atoms with Crippen LogP contribution < -0.4 is 5.32 Å². The minimum absolute atomic E-state index is 0.226. The first-order chi connectivity index (χ1) is 9.41. The second kappa shape index (κ2) is 5.79. The number of nitrogens with one attached hydrogen (secondary N) is 1. The van der Waals surface area contributed by atoms with Crippen LogP contribution in [0.3, 0.4) is 0 Å². The lowest BCUT2D eigenvalue weighted by atomic mass is 10.0. The van der Waals surface area contributed by atoms with Crippen LogP contribution in [0.2, 0.25) is 0 Å². The van der Waals surface area contributed by atoms with E-state index in [1.54, 1.807) is 24.3 Å². The van der Waals surface area contributed by atoms with Gasteiger partial charge in [-0.3, -0.25) is 4.98 Å². The van der Waals surface area contributed by atoms with Crippen molar-refractivity contribution in [1.29, 1.82) is 0 Å². The molecule has 1 aromatic carbocycles. The van der Waals surface area contributed by atoms with Crippen LogP contribution in [0, 0.1) is 6.92 Å². The Bertz CT molecular complexity index is 593. The lowest BCUT2D eigenvalue weighted by molar-refractivity contribution is -0.157. The Hall–Kier alpha value is -1.62. The van der Waals surface area contributed by atoms with Gasteiger partial charge in [-0.1, -0.05) is 19.1 Å². The fourth-order valence-corrected chi connectivity index (χ4v) is 2.14. The van der Waals surface area contributed by atoms with Gasteiger partial charge in [0, 0.05) is 11.1 Å². The van der Waals surface area contributed by atoms with Crippen LogP contribution in [0.25, 0.3) is 10.9 Å². The maximum atomic E-state index is 13.1. The summed E-state index contributed by atoms with van der Waals surface area (Å²) in [7, 11) is 0. The molecule has 2 aromatic rings. The average molecular weight is 282 g/mol. The van der Waals surface area contributed by atoms with Crippen molar-refractivity contribution in [2.75, 3.05) is 6.54 Å². The fraction of sp³-hybridized carbons (Fsp3) is 0.400. The third-order valence-electron chi connectivity index (χ3n) is 3.11. The molecule has 108 valence electrons. The van der Waals surface area contributed by atoms with Crippen molar-refractivity contribution in [3.63, 3.8) is 0 Å². The summed E-state index contributed by atoms with van der Waals surface area (Å²) in [5.41, 5.74) is 1.79. The van der Waals surface area contributed by atoms with E-state index in [1.165, 1.54) is 6.07 Å². The quantitative estimate of drug-likeness (QED) is 0.911. The monoisotopic (exact) mass is 282 g/mol. The largest absolute Gasteiger partial charge is 0.407 e. The summed E-state index contributed by atoms with van der Waals surface area (Å²) in [6.07, 6.45) is -3.65. The molecule has 1 N–H and O–H groups in total. The molecule has 2 nitrogen and oxygen atoms in total. The van der Waals surface area contributed by atoms with Crippen molar-refractivity contribution >= 4 is 10.9 Å². The van der Waals surface area contributed by atoms with Gasteiger partial charge in [-0.2, -0.15) is 13.2 Å². The van der Waals surface area contributed by atoms with Gasteiger partial charge in [0.05, 0.1) is 5.52 Å². The van der Waals surface area contributed by atoms with Crippen molar-refractivity contribution in [3.05, 3.63) is 41.6 Å². The zero-order valence-corrected chi connectivity index (χ0v) is 11.5. The molecule has 1 aromatic heterocycles. The highest BCUT2D eigenvalue weighted by atomic mass is 19.4. The number of alkyl halides is 3. The SMILES string of the molecule is CCCNC(c1ccc2nc(C)ccc2c1)C(F)(F)F. The van der Waals surface area contributed by atoms with E-state index in [4.69, 9.17) is 0 Å². The molecule has 0 saturated heterocycles. The van der Waals surface area contributed by atoms with Gasteiger partial charge >= 0.3 is 6.18 Å². The molecule has 0 saturated carbocycles. The number of halogens is 3. The molecule has 1 atom stereocenters. The molecule has 1 heterocycles. The number of hydrogen-bond acceptors (Lipinski definition) is 2. The second-order valence-corrected chi connectivity index (χ2v) is 4.83. The third-order valence-corrected chi connectivity index (χ3v) is 3.11. The molecular formula is C15H17F3N2. The first kappa shape index (κ1) is 14.8. The summed E-state index contributed by atoms with van der Waals surface area (Å²) in [6.45, 7) is 4.02. The van der Waals surface area contributed by atoms with E-state index in [1.807, 2.05) is 13.8 Å². The first-order valence-electron chi connectivity index (χ1n) is 6.59. The molecule has 0 aliphatic heterocycles. The zero-order valence-electron chi connectivity index (χ0n) is 11.5. The lowest BCUT2D eigenvalue weighted by Crippen LogP contribution is -2.34. The van der Waals surface area contributed by atoms with Gasteiger partial charge in [-0.05, 0) is 43.7 Å². The van der Waals surface area contributed by atoms with Gasteiger partial charge in [0.25, 0.3) is 0 Å². The predicted octanol–water partition coefficient (Wildman–Crippen LogP) is 4.15. The zero-order chi connectivity index (χ0) is 14.8. The van der Waals surface area contributed by atoms with E-state index in [2.05, 4.69) is 10.3 Å². The third kappa shape index (κ3) is 3.28. The Balaban J connectivity index is 2.40. The minimum atomic E-state index is -4.30. The van der Waals surface area contributed by atoms with Crippen molar-refractivity contribution in [1.82, 2.24) is 10.3 Å². The maximum absolute atomic E-state index is 13.1. The van der Waals surface area contributed by atoms with E-state index >= 15 is 0 Å². The Labute approximate surface area is 116 Å². The minimum Gasteiger partial charge on any atom is -0.302 e. The number of pyridine rings is 1. The summed E-state index contributed by atoms with van der Waals surface area (Å²) in [6, 6.07) is 6.67. The van der Waals surface area contributed by atoms with Crippen LogP contribution in [0.4, 0.5) is 13.2 Å². The molecule has 2 rings (SSSR count). The number of rotatable bonds is 4. The predicted molar refractivity (Wildman–Crippen MR) is 73.6 cm³/mol. The van der Waals surface area contributed by atoms with E-state index in [0.29, 0.717) is 18.5 Å². The van der Waals surface area contributed by atoms with Crippen LogP contribution in [0.1, 0.15) is 30.6 Å². The molecule has 0 fully saturated rings. The van der Waals surface area contributed by atoms with Gasteiger partial charge in [-0.15, -0.1) is 0 Å². The molecule has 20 heavy (non-hydrogen) atoms. The van der Waals surface area contributed by atoms with E-state index < -0.39 is 12.2 Å². The highest BCUT2D eigenvalue weighted by molar-refractivity contribution is 5.79. The van der Waals surface area contributed by atoms with Crippen molar-refractivity contribution in [2.24, 2.45) is 0 Å². The number of fused-ring (bicyclic) bond motifs is 1. The van der Waals surface area contributed by atoms with E-state index in [0.717, 1.165) is 11.1 Å². The first-order valence-corrected chi connectivity index (χ1v) is 6.59. The topological polar surface area (TPSA) is 24.9 Å². The van der Waals surface area contributed by atoms with Crippen LogP contribution in [-0.2, 0) is 0 Å². The average Bonchev–Trinajstić information content (AvgIpc) is 2.37. The number of nitrogens with zero attached hydrogens (tertiary/aromatic N) is 1. The van der Waals surface area contributed by atoms with Crippen LogP contribution in [0.15, 0.2) is 30.3 Å². The highest BCUT2D eigenvalue weighted by Crippen LogP contribution is 2.33.